The van der Waals surface area contributed by atoms with E-state index in [1.807, 2.05) is 30.3 Å². The Bertz CT molecular complexity index is 1210. The monoisotopic (exact) mass is 393 g/mol. The van der Waals surface area contributed by atoms with Gasteiger partial charge in [-0.2, -0.15) is 9.78 Å². The van der Waals surface area contributed by atoms with Crippen molar-refractivity contribution in [2.45, 2.75) is 13.8 Å². The minimum atomic E-state index is -0.358. The Morgan fingerprint density at radius 1 is 1.18 bits per heavy atom. The second-order valence-electron chi connectivity index (χ2n) is 6.04. The summed E-state index contributed by atoms with van der Waals surface area (Å²) >= 11 is 1.01. The first-order valence-corrected chi connectivity index (χ1v) is 9.13. The number of hydrogen-bond donors (Lipinski definition) is 2. The third-order valence-electron chi connectivity index (χ3n) is 3.94. The molecular weight excluding hydrogens is 378 g/mol. The Balaban J connectivity index is 1.81. The molecule has 0 bridgehead atoms. The van der Waals surface area contributed by atoms with E-state index in [1.165, 1.54) is 10.7 Å². The van der Waals surface area contributed by atoms with Crippen molar-refractivity contribution in [1.82, 2.24) is 29.3 Å². The molecule has 10 heteroatoms. The van der Waals surface area contributed by atoms with Gasteiger partial charge in [-0.1, -0.05) is 34.8 Å². The summed E-state index contributed by atoms with van der Waals surface area (Å²) in [6, 6.07) is 12.6. The number of aryl methyl sites for hydroxylation is 2. The lowest BCUT2D eigenvalue weighted by Crippen LogP contribution is -2.18. The molecule has 0 aliphatic rings. The van der Waals surface area contributed by atoms with E-state index in [2.05, 4.69) is 30.0 Å². The molecule has 9 nitrogen and oxygen atoms in total. The van der Waals surface area contributed by atoms with E-state index in [9.17, 15) is 9.59 Å². The van der Waals surface area contributed by atoms with Gasteiger partial charge in [-0.25, -0.2) is 4.98 Å². The van der Waals surface area contributed by atoms with Crippen LogP contribution in [-0.2, 0) is 0 Å². The number of nitrogens with zero attached hydrogens (tertiary/aromatic N) is 5. The molecule has 0 aliphatic heterocycles. The summed E-state index contributed by atoms with van der Waals surface area (Å²) in [6.45, 7) is 3.43. The molecule has 0 unspecified atom stereocenters. The van der Waals surface area contributed by atoms with Gasteiger partial charge in [0.15, 0.2) is 0 Å². The van der Waals surface area contributed by atoms with E-state index >= 15 is 0 Å². The number of aromatic amines is 1. The quantitative estimate of drug-likeness (QED) is 0.549. The normalized spacial score (nSPS) is 10.8. The Morgan fingerprint density at radius 2 is 1.96 bits per heavy atom. The Kier molecular flexibility index (Phi) is 4.53. The van der Waals surface area contributed by atoms with Crippen molar-refractivity contribution in [3.05, 3.63) is 69.1 Å². The lowest BCUT2D eigenvalue weighted by molar-refractivity contribution is 0.102. The molecule has 0 aliphatic carbocycles. The second-order valence-corrected chi connectivity index (χ2v) is 6.80. The maximum atomic E-state index is 12.6. The Morgan fingerprint density at radius 3 is 2.64 bits per heavy atom. The predicted octanol–water partition coefficient (Wildman–Crippen LogP) is 2.34. The smallest absolute Gasteiger partial charge is 0.270 e. The molecule has 1 aromatic carbocycles. The summed E-state index contributed by atoms with van der Waals surface area (Å²) in [5, 5.41) is 11.2. The third kappa shape index (κ3) is 3.45. The molecule has 4 aromatic rings. The molecule has 0 radical (unpaired) electrons. The zero-order chi connectivity index (χ0) is 19.7. The van der Waals surface area contributed by atoms with Crippen molar-refractivity contribution in [2.75, 3.05) is 5.32 Å². The van der Waals surface area contributed by atoms with Crippen LogP contribution in [0, 0.1) is 13.8 Å². The minimum absolute atomic E-state index is 0.210. The number of H-pyrrole nitrogens is 1. The number of rotatable bonds is 4. The summed E-state index contributed by atoms with van der Waals surface area (Å²) in [5.41, 5.74) is 2.26. The average Bonchev–Trinajstić information content (AvgIpc) is 3.28. The molecule has 28 heavy (non-hydrogen) atoms. The zero-order valence-electron chi connectivity index (χ0n) is 15.0. The van der Waals surface area contributed by atoms with Gasteiger partial charge in [0.05, 0.1) is 11.4 Å². The van der Waals surface area contributed by atoms with Crippen LogP contribution in [-0.4, -0.2) is 35.2 Å². The van der Waals surface area contributed by atoms with Gasteiger partial charge in [-0.15, -0.1) is 5.10 Å². The van der Waals surface area contributed by atoms with Crippen molar-refractivity contribution >= 4 is 23.3 Å². The van der Waals surface area contributed by atoms with Gasteiger partial charge in [-0.3, -0.25) is 14.6 Å². The maximum Gasteiger partial charge on any atom is 0.270 e. The predicted molar refractivity (Wildman–Crippen MR) is 105 cm³/mol. The molecule has 3 heterocycles. The van der Waals surface area contributed by atoms with Crippen molar-refractivity contribution in [3.63, 3.8) is 0 Å². The van der Waals surface area contributed by atoms with E-state index in [0.29, 0.717) is 27.8 Å². The number of amides is 1. The van der Waals surface area contributed by atoms with E-state index in [-0.39, 0.29) is 17.4 Å². The van der Waals surface area contributed by atoms with Crippen molar-refractivity contribution in [3.8, 4) is 17.2 Å². The van der Waals surface area contributed by atoms with Gasteiger partial charge in [0, 0.05) is 23.4 Å². The fourth-order valence-electron chi connectivity index (χ4n) is 2.66. The highest BCUT2D eigenvalue weighted by molar-refractivity contribution is 7.08. The lowest BCUT2D eigenvalue weighted by atomic mass is 10.1. The maximum absolute atomic E-state index is 12.6. The first-order valence-electron chi connectivity index (χ1n) is 8.35. The summed E-state index contributed by atoms with van der Waals surface area (Å²) in [6.07, 6.45) is 0. The van der Waals surface area contributed by atoms with Crippen LogP contribution < -0.4 is 10.9 Å². The van der Waals surface area contributed by atoms with Gasteiger partial charge in [-0.05, 0) is 25.4 Å². The van der Waals surface area contributed by atoms with E-state index in [1.54, 1.807) is 19.9 Å². The minimum Gasteiger partial charge on any atom is -0.306 e. The molecule has 2 N–H and O–H groups in total. The van der Waals surface area contributed by atoms with E-state index in [0.717, 1.165) is 17.1 Å². The van der Waals surface area contributed by atoms with Gasteiger partial charge in [0.1, 0.15) is 10.7 Å². The van der Waals surface area contributed by atoms with Gasteiger partial charge >= 0.3 is 0 Å². The highest BCUT2D eigenvalue weighted by atomic mass is 32.1. The third-order valence-corrected chi connectivity index (χ3v) is 4.76. The molecular formula is C18H15N7O2S. The molecule has 0 fully saturated rings. The highest BCUT2D eigenvalue weighted by Gasteiger charge is 2.19. The Labute approximate surface area is 163 Å². The first-order chi connectivity index (χ1) is 13.5. The van der Waals surface area contributed by atoms with Crippen LogP contribution in [0.3, 0.4) is 0 Å². The fraction of sp³-hybridized carbons (Fsp3) is 0.111. The Hall–Kier alpha value is -3.66. The van der Waals surface area contributed by atoms with Gasteiger partial charge < -0.3 is 5.32 Å². The SMILES string of the molecule is Cc1cc(=O)[nH]c(-n2nc(-c3ccccc3)cc2NC(=O)c2snnc2C)n1. The zero-order valence-corrected chi connectivity index (χ0v) is 15.8. The fourth-order valence-corrected chi connectivity index (χ4v) is 3.21. The average molecular weight is 393 g/mol. The number of carbonyl (C=O) groups is 1. The van der Waals surface area contributed by atoms with Gasteiger partial charge in [0.2, 0.25) is 5.95 Å². The van der Waals surface area contributed by atoms with Crippen LogP contribution in [0.2, 0.25) is 0 Å². The van der Waals surface area contributed by atoms with Crippen LogP contribution in [0.5, 0.6) is 0 Å². The largest absolute Gasteiger partial charge is 0.306 e. The number of anilines is 1. The molecule has 1 amide bonds. The van der Waals surface area contributed by atoms with Crippen molar-refractivity contribution < 1.29 is 4.79 Å². The van der Waals surface area contributed by atoms with Crippen LogP contribution >= 0.6 is 11.5 Å². The van der Waals surface area contributed by atoms with Crippen LogP contribution in [0.4, 0.5) is 5.82 Å². The number of benzene rings is 1. The number of nitrogens with one attached hydrogen (secondary N) is 2. The number of aromatic nitrogens is 6. The summed E-state index contributed by atoms with van der Waals surface area (Å²) < 4.78 is 5.19. The molecule has 0 saturated carbocycles. The molecule has 0 saturated heterocycles. The van der Waals surface area contributed by atoms with E-state index < -0.39 is 0 Å². The standard InChI is InChI=1S/C18H15N7O2S/c1-10-8-15(26)21-18(19-10)25-14(20-17(27)16-11(2)22-24-28-16)9-13(23-25)12-6-4-3-5-7-12/h3-9H,1-2H3,(H,20,27)(H,19,21,26). The molecule has 140 valence electrons. The highest BCUT2D eigenvalue weighted by Crippen LogP contribution is 2.24. The summed E-state index contributed by atoms with van der Waals surface area (Å²) in [7, 11) is 0. The summed E-state index contributed by atoms with van der Waals surface area (Å²) in [4.78, 5) is 31.9. The number of carbonyl (C=O) groups excluding carboxylic acids is 1. The van der Waals surface area contributed by atoms with Crippen molar-refractivity contribution in [2.24, 2.45) is 0 Å². The van der Waals surface area contributed by atoms with Crippen LogP contribution in [0.25, 0.3) is 17.2 Å². The molecule has 0 spiro atoms. The lowest BCUT2D eigenvalue weighted by Gasteiger charge is -2.07. The van der Waals surface area contributed by atoms with Crippen LogP contribution in [0.1, 0.15) is 21.1 Å². The summed E-state index contributed by atoms with van der Waals surface area (Å²) in [5.74, 6) is 0.218. The molecule has 0 atom stereocenters. The topological polar surface area (TPSA) is 118 Å². The number of hydrogen-bond acceptors (Lipinski definition) is 7. The first kappa shape index (κ1) is 17.7. The molecule has 4 rings (SSSR count). The van der Waals surface area contributed by atoms with Gasteiger partial charge in [0.25, 0.3) is 11.5 Å². The van der Waals surface area contributed by atoms with Crippen molar-refractivity contribution in [1.29, 1.82) is 0 Å². The molecule has 3 aromatic heterocycles. The second kappa shape index (κ2) is 7.16. The van der Waals surface area contributed by atoms with E-state index in [4.69, 9.17) is 0 Å². The van der Waals surface area contributed by atoms with Crippen LogP contribution in [0.15, 0.2) is 47.3 Å².